The fourth-order valence-corrected chi connectivity index (χ4v) is 2.19. The van der Waals surface area contributed by atoms with E-state index in [0.717, 1.165) is 6.07 Å². The van der Waals surface area contributed by atoms with Crippen LogP contribution >= 0.6 is 15.9 Å². The summed E-state index contributed by atoms with van der Waals surface area (Å²) in [6.07, 6.45) is -1.24. The molecule has 4 nitrogen and oxygen atoms in total. The van der Waals surface area contributed by atoms with E-state index >= 15 is 0 Å². The standard InChI is InChI=1S/C12H10BrF3N2O2/c1-7(19)20-3-2-9-6-18-5-8(13)4-10(11(18)17-9)12(14,15)16/h4-6H,2-3H2,1H3. The number of hydrogen-bond donors (Lipinski definition) is 0. The number of nitrogens with zero attached hydrogens (tertiary/aromatic N) is 2. The number of esters is 1. The maximum Gasteiger partial charge on any atom is 0.420 e. The lowest BCUT2D eigenvalue weighted by atomic mass is 10.2. The van der Waals surface area contributed by atoms with Crippen LogP contribution in [0.15, 0.2) is 22.9 Å². The largest absolute Gasteiger partial charge is 0.465 e. The molecule has 0 N–H and O–H groups in total. The van der Waals surface area contributed by atoms with Crippen molar-refractivity contribution < 1.29 is 22.7 Å². The molecule has 0 spiro atoms. The minimum Gasteiger partial charge on any atom is -0.465 e. The minimum atomic E-state index is -4.48. The number of fused-ring (bicyclic) bond motifs is 1. The number of aromatic nitrogens is 2. The van der Waals surface area contributed by atoms with Crippen molar-refractivity contribution in [1.82, 2.24) is 9.38 Å². The lowest BCUT2D eigenvalue weighted by Gasteiger charge is -2.08. The molecule has 0 atom stereocenters. The highest BCUT2D eigenvalue weighted by Crippen LogP contribution is 2.34. The number of ether oxygens (including phenoxy) is 1. The van der Waals surface area contributed by atoms with E-state index < -0.39 is 17.7 Å². The Morgan fingerprint density at radius 2 is 2.15 bits per heavy atom. The first-order chi connectivity index (χ1) is 9.27. The quantitative estimate of drug-likeness (QED) is 0.798. The summed E-state index contributed by atoms with van der Waals surface area (Å²) in [5, 5.41) is 0. The fraction of sp³-hybridized carbons (Fsp3) is 0.333. The van der Waals surface area contributed by atoms with Crippen molar-refractivity contribution in [1.29, 1.82) is 0 Å². The number of imidazole rings is 1. The van der Waals surface area contributed by atoms with E-state index in [1.165, 1.54) is 23.7 Å². The molecule has 0 saturated carbocycles. The molecule has 0 amide bonds. The summed E-state index contributed by atoms with van der Waals surface area (Å²) in [7, 11) is 0. The van der Waals surface area contributed by atoms with E-state index in [4.69, 9.17) is 4.74 Å². The lowest BCUT2D eigenvalue weighted by molar-refractivity contribution is -0.141. The van der Waals surface area contributed by atoms with Crippen LogP contribution in [0, 0.1) is 0 Å². The summed E-state index contributed by atoms with van der Waals surface area (Å²) in [4.78, 5) is 14.6. The molecule has 108 valence electrons. The van der Waals surface area contributed by atoms with Crippen LogP contribution in [-0.4, -0.2) is 22.0 Å². The van der Waals surface area contributed by atoms with Crippen LogP contribution in [-0.2, 0) is 22.1 Å². The van der Waals surface area contributed by atoms with Crippen molar-refractivity contribution in [2.45, 2.75) is 19.5 Å². The normalized spacial score (nSPS) is 11.8. The highest BCUT2D eigenvalue weighted by atomic mass is 79.9. The van der Waals surface area contributed by atoms with Crippen molar-refractivity contribution in [3.63, 3.8) is 0 Å². The molecule has 0 bridgehead atoms. The number of pyridine rings is 1. The van der Waals surface area contributed by atoms with Gasteiger partial charge in [0.05, 0.1) is 17.9 Å². The van der Waals surface area contributed by atoms with Gasteiger partial charge in [0.25, 0.3) is 0 Å². The Kier molecular flexibility index (Phi) is 4.03. The van der Waals surface area contributed by atoms with Gasteiger partial charge >= 0.3 is 12.1 Å². The Morgan fingerprint density at radius 3 is 2.75 bits per heavy atom. The van der Waals surface area contributed by atoms with Crippen molar-refractivity contribution in [2.75, 3.05) is 6.61 Å². The van der Waals surface area contributed by atoms with Gasteiger partial charge in [-0.1, -0.05) is 0 Å². The molecular weight excluding hydrogens is 341 g/mol. The zero-order valence-electron chi connectivity index (χ0n) is 10.4. The molecule has 0 radical (unpaired) electrons. The van der Waals surface area contributed by atoms with Gasteiger partial charge in [-0.25, -0.2) is 4.98 Å². The van der Waals surface area contributed by atoms with E-state index in [1.807, 2.05) is 0 Å². The summed E-state index contributed by atoms with van der Waals surface area (Å²) in [5.41, 5.74) is -0.556. The fourth-order valence-electron chi connectivity index (χ4n) is 1.74. The summed E-state index contributed by atoms with van der Waals surface area (Å²) in [6.45, 7) is 1.35. The Morgan fingerprint density at radius 1 is 1.45 bits per heavy atom. The van der Waals surface area contributed by atoms with E-state index in [-0.39, 0.29) is 18.7 Å². The van der Waals surface area contributed by atoms with Crippen LogP contribution in [0.2, 0.25) is 0 Å². The smallest absolute Gasteiger partial charge is 0.420 e. The molecule has 2 aromatic heterocycles. The third-order valence-corrected chi connectivity index (χ3v) is 2.97. The molecular formula is C12H10BrF3N2O2. The van der Waals surface area contributed by atoms with Crippen molar-refractivity contribution in [3.8, 4) is 0 Å². The van der Waals surface area contributed by atoms with Crippen molar-refractivity contribution in [3.05, 3.63) is 34.2 Å². The average molecular weight is 351 g/mol. The first-order valence-corrected chi connectivity index (χ1v) is 6.44. The second-order valence-electron chi connectivity index (χ2n) is 4.12. The third kappa shape index (κ3) is 3.30. The van der Waals surface area contributed by atoms with Gasteiger partial charge in [-0.15, -0.1) is 0 Å². The topological polar surface area (TPSA) is 43.6 Å². The maximum absolute atomic E-state index is 12.9. The van der Waals surface area contributed by atoms with Gasteiger partial charge in [0.2, 0.25) is 0 Å². The number of carbonyl (C=O) groups excluding carboxylic acids is 1. The summed E-state index contributed by atoms with van der Waals surface area (Å²) >= 11 is 3.04. The predicted molar refractivity (Wildman–Crippen MR) is 68.2 cm³/mol. The Hall–Kier alpha value is -1.57. The van der Waals surface area contributed by atoms with Crippen LogP contribution in [0.25, 0.3) is 5.65 Å². The van der Waals surface area contributed by atoms with Gasteiger partial charge in [0, 0.05) is 30.2 Å². The first kappa shape index (κ1) is 14.8. The second kappa shape index (κ2) is 5.43. The average Bonchev–Trinajstić information content (AvgIpc) is 2.68. The third-order valence-electron chi connectivity index (χ3n) is 2.54. The molecule has 0 fully saturated rings. The van der Waals surface area contributed by atoms with E-state index in [0.29, 0.717) is 10.2 Å². The van der Waals surface area contributed by atoms with Crippen molar-refractivity contribution in [2.24, 2.45) is 0 Å². The monoisotopic (exact) mass is 350 g/mol. The molecule has 0 aromatic carbocycles. The molecule has 2 rings (SSSR count). The van der Waals surface area contributed by atoms with Gasteiger partial charge in [0.15, 0.2) is 0 Å². The van der Waals surface area contributed by atoms with Gasteiger partial charge in [0.1, 0.15) is 5.65 Å². The number of rotatable bonds is 3. The maximum atomic E-state index is 12.9. The number of halogens is 4. The highest BCUT2D eigenvalue weighted by Gasteiger charge is 2.34. The summed E-state index contributed by atoms with van der Waals surface area (Å²) in [6, 6.07) is 0.984. The van der Waals surface area contributed by atoms with Gasteiger partial charge in [-0.05, 0) is 22.0 Å². The molecule has 0 aliphatic carbocycles. The number of carbonyl (C=O) groups is 1. The molecule has 20 heavy (non-hydrogen) atoms. The van der Waals surface area contributed by atoms with Crippen LogP contribution in [0.5, 0.6) is 0 Å². The first-order valence-electron chi connectivity index (χ1n) is 5.65. The lowest BCUT2D eigenvalue weighted by Crippen LogP contribution is -2.08. The number of hydrogen-bond acceptors (Lipinski definition) is 3. The Balaban J connectivity index is 2.35. The SMILES string of the molecule is CC(=O)OCCc1cn2cc(Br)cc(C(F)(F)F)c2n1. The van der Waals surface area contributed by atoms with Crippen LogP contribution in [0.4, 0.5) is 13.2 Å². The second-order valence-corrected chi connectivity index (χ2v) is 5.04. The van der Waals surface area contributed by atoms with Gasteiger partial charge in [-0.2, -0.15) is 13.2 Å². The Bertz CT molecular complexity index is 652. The zero-order chi connectivity index (χ0) is 14.9. The molecule has 0 unspecified atom stereocenters. The highest BCUT2D eigenvalue weighted by molar-refractivity contribution is 9.10. The minimum absolute atomic E-state index is 0.0851. The molecule has 0 aliphatic heterocycles. The van der Waals surface area contributed by atoms with E-state index in [2.05, 4.69) is 20.9 Å². The molecule has 0 saturated heterocycles. The summed E-state index contributed by atoms with van der Waals surface area (Å²) in [5.74, 6) is -0.438. The van der Waals surface area contributed by atoms with Crippen LogP contribution in [0.1, 0.15) is 18.2 Å². The van der Waals surface area contributed by atoms with E-state index in [1.54, 1.807) is 0 Å². The van der Waals surface area contributed by atoms with Crippen LogP contribution < -0.4 is 0 Å². The molecule has 0 aliphatic rings. The predicted octanol–water partition coefficient (Wildman–Crippen LogP) is 3.22. The Labute approximate surface area is 120 Å². The summed E-state index contributed by atoms with van der Waals surface area (Å²) < 4.78 is 45.1. The van der Waals surface area contributed by atoms with E-state index in [9.17, 15) is 18.0 Å². The number of alkyl halides is 3. The van der Waals surface area contributed by atoms with Gasteiger partial charge in [-0.3, -0.25) is 4.79 Å². The zero-order valence-corrected chi connectivity index (χ0v) is 12.0. The van der Waals surface area contributed by atoms with Crippen LogP contribution in [0.3, 0.4) is 0 Å². The van der Waals surface area contributed by atoms with Gasteiger partial charge < -0.3 is 9.14 Å². The van der Waals surface area contributed by atoms with Crippen molar-refractivity contribution >= 4 is 27.5 Å². The molecule has 2 aromatic rings. The molecule has 2 heterocycles. The molecule has 8 heteroatoms.